The summed E-state index contributed by atoms with van der Waals surface area (Å²) >= 11 is 1.63. The first kappa shape index (κ1) is 21.0. The first-order chi connectivity index (χ1) is 13.9. The van der Waals surface area contributed by atoms with Crippen molar-refractivity contribution in [3.8, 4) is 16.3 Å². The molecule has 0 bridgehead atoms. The van der Waals surface area contributed by atoms with Crippen LogP contribution < -0.4 is 10.1 Å². The normalized spacial score (nSPS) is 11.1. The van der Waals surface area contributed by atoms with Crippen molar-refractivity contribution in [2.75, 3.05) is 26.0 Å². The first-order valence-electron chi connectivity index (χ1n) is 9.62. The van der Waals surface area contributed by atoms with Crippen molar-refractivity contribution < 1.29 is 9.53 Å². The summed E-state index contributed by atoms with van der Waals surface area (Å²) in [4.78, 5) is 19.0. The molecular formula is C23H27N3O2S. The molecule has 1 aromatic heterocycles. The van der Waals surface area contributed by atoms with E-state index in [1.54, 1.807) is 18.4 Å². The number of anilines is 1. The van der Waals surface area contributed by atoms with E-state index >= 15 is 0 Å². The predicted molar refractivity (Wildman–Crippen MR) is 120 cm³/mol. The molecule has 0 radical (unpaired) electrons. The summed E-state index contributed by atoms with van der Waals surface area (Å²) in [5.41, 5.74) is 4.18. The van der Waals surface area contributed by atoms with Gasteiger partial charge in [0.1, 0.15) is 10.8 Å². The number of carbonyl (C=O) groups excluding carboxylic acids is 1. The van der Waals surface area contributed by atoms with Gasteiger partial charge in [-0.15, -0.1) is 11.3 Å². The second-order valence-corrected chi connectivity index (χ2v) is 8.23. The fraction of sp³-hybridized carbons (Fsp3) is 0.304. The van der Waals surface area contributed by atoms with Crippen LogP contribution in [-0.4, -0.2) is 36.5 Å². The van der Waals surface area contributed by atoms with Crippen molar-refractivity contribution in [1.82, 2.24) is 9.88 Å². The molecule has 3 rings (SSSR count). The lowest BCUT2D eigenvalue weighted by Gasteiger charge is -2.15. The van der Waals surface area contributed by atoms with Gasteiger partial charge in [0.2, 0.25) is 5.91 Å². The van der Waals surface area contributed by atoms with Crippen LogP contribution in [0.5, 0.6) is 5.75 Å². The molecule has 0 spiro atoms. The number of methoxy groups -OCH3 is 1. The number of likely N-dealkylation sites (N-methyl/N-ethyl adjacent to an activating group) is 1. The molecular weight excluding hydrogens is 382 g/mol. The third-order valence-corrected chi connectivity index (χ3v) is 5.54. The number of ether oxygens (including phenoxy) is 1. The fourth-order valence-electron chi connectivity index (χ4n) is 2.98. The van der Waals surface area contributed by atoms with E-state index in [2.05, 4.69) is 48.8 Å². The Morgan fingerprint density at radius 2 is 1.83 bits per heavy atom. The second-order valence-electron chi connectivity index (χ2n) is 7.37. The molecule has 152 valence electrons. The highest BCUT2D eigenvalue weighted by Gasteiger charge is 2.11. The fourth-order valence-corrected chi connectivity index (χ4v) is 3.79. The van der Waals surface area contributed by atoms with Crippen molar-refractivity contribution in [1.29, 1.82) is 0 Å². The predicted octanol–water partition coefficient (Wildman–Crippen LogP) is 5.01. The molecule has 0 saturated heterocycles. The van der Waals surface area contributed by atoms with Crippen LogP contribution in [-0.2, 0) is 11.3 Å². The van der Waals surface area contributed by atoms with E-state index in [0.29, 0.717) is 19.0 Å². The lowest BCUT2D eigenvalue weighted by atomic mass is 10.0. The van der Waals surface area contributed by atoms with E-state index in [4.69, 9.17) is 9.72 Å². The lowest BCUT2D eigenvalue weighted by Crippen LogP contribution is -2.29. The van der Waals surface area contributed by atoms with Crippen LogP contribution in [0.2, 0.25) is 0 Å². The number of carbonyl (C=O) groups is 1. The number of hydrogen-bond acceptors (Lipinski definition) is 5. The van der Waals surface area contributed by atoms with Gasteiger partial charge in [0, 0.05) is 23.2 Å². The van der Waals surface area contributed by atoms with Gasteiger partial charge in [-0.2, -0.15) is 0 Å². The summed E-state index contributed by atoms with van der Waals surface area (Å²) in [5, 5.41) is 5.97. The SMILES string of the molecule is COc1ccc(NC(=O)CN(C)Cc2csc(-c3ccc(C(C)C)cc3)n2)cc1. The number of benzene rings is 2. The van der Waals surface area contributed by atoms with Crippen molar-refractivity contribution in [3.05, 3.63) is 65.2 Å². The van der Waals surface area contributed by atoms with Crippen LogP contribution in [0.15, 0.2) is 53.9 Å². The summed E-state index contributed by atoms with van der Waals surface area (Å²) < 4.78 is 5.13. The molecule has 1 heterocycles. The van der Waals surface area contributed by atoms with Crippen molar-refractivity contribution in [2.24, 2.45) is 0 Å². The average Bonchev–Trinajstić information content (AvgIpc) is 3.16. The van der Waals surface area contributed by atoms with Crippen molar-refractivity contribution >= 4 is 22.9 Å². The van der Waals surface area contributed by atoms with E-state index in [1.807, 2.05) is 36.2 Å². The molecule has 1 amide bonds. The lowest BCUT2D eigenvalue weighted by molar-refractivity contribution is -0.117. The largest absolute Gasteiger partial charge is 0.497 e. The zero-order valence-electron chi connectivity index (χ0n) is 17.3. The monoisotopic (exact) mass is 409 g/mol. The van der Waals surface area contributed by atoms with E-state index in [-0.39, 0.29) is 5.91 Å². The van der Waals surface area contributed by atoms with Gasteiger partial charge in [-0.1, -0.05) is 38.1 Å². The number of nitrogens with one attached hydrogen (secondary N) is 1. The molecule has 0 aliphatic rings. The second kappa shape index (κ2) is 9.67. The van der Waals surface area contributed by atoms with E-state index in [1.165, 1.54) is 5.56 Å². The summed E-state index contributed by atoms with van der Waals surface area (Å²) in [5.74, 6) is 1.23. The summed E-state index contributed by atoms with van der Waals surface area (Å²) in [7, 11) is 3.54. The molecule has 0 unspecified atom stereocenters. The van der Waals surface area contributed by atoms with Gasteiger partial charge in [0.15, 0.2) is 0 Å². The highest BCUT2D eigenvalue weighted by atomic mass is 32.1. The Morgan fingerprint density at radius 1 is 1.14 bits per heavy atom. The van der Waals surface area contributed by atoms with Gasteiger partial charge in [-0.25, -0.2) is 4.98 Å². The molecule has 0 atom stereocenters. The summed E-state index contributed by atoms with van der Waals surface area (Å²) in [6.07, 6.45) is 0. The van der Waals surface area contributed by atoms with Crippen LogP contribution >= 0.6 is 11.3 Å². The standard InChI is InChI=1S/C23H27N3O2S/c1-16(2)17-5-7-18(8-6-17)23-25-20(15-29-23)13-26(3)14-22(27)24-19-9-11-21(28-4)12-10-19/h5-12,15-16H,13-14H2,1-4H3,(H,24,27). The van der Waals surface area contributed by atoms with E-state index < -0.39 is 0 Å². The molecule has 5 nitrogen and oxygen atoms in total. The average molecular weight is 410 g/mol. The van der Waals surface area contributed by atoms with Gasteiger partial charge in [0.25, 0.3) is 0 Å². The molecule has 6 heteroatoms. The Morgan fingerprint density at radius 3 is 2.45 bits per heavy atom. The van der Waals surface area contributed by atoms with Gasteiger partial charge in [0.05, 0.1) is 19.3 Å². The van der Waals surface area contributed by atoms with Crippen LogP contribution in [0.1, 0.15) is 31.0 Å². The third kappa shape index (κ3) is 5.89. The minimum Gasteiger partial charge on any atom is -0.497 e. The molecule has 2 aromatic carbocycles. The maximum Gasteiger partial charge on any atom is 0.238 e. The Labute approximate surface area is 176 Å². The van der Waals surface area contributed by atoms with Crippen LogP contribution in [0.25, 0.3) is 10.6 Å². The Balaban J connectivity index is 1.53. The first-order valence-corrected chi connectivity index (χ1v) is 10.5. The minimum absolute atomic E-state index is 0.0580. The van der Waals surface area contributed by atoms with Crippen LogP contribution in [0.4, 0.5) is 5.69 Å². The molecule has 3 aromatic rings. The smallest absolute Gasteiger partial charge is 0.238 e. The molecule has 0 aliphatic carbocycles. The van der Waals surface area contributed by atoms with Crippen molar-refractivity contribution in [3.63, 3.8) is 0 Å². The zero-order valence-corrected chi connectivity index (χ0v) is 18.1. The number of thiazole rings is 1. The van der Waals surface area contributed by atoms with Crippen LogP contribution in [0.3, 0.4) is 0 Å². The molecule has 0 aliphatic heterocycles. The van der Waals surface area contributed by atoms with Crippen LogP contribution in [0, 0.1) is 0 Å². The van der Waals surface area contributed by atoms with Gasteiger partial charge >= 0.3 is 0 Å². The molecule has 0 saturated carbocycles. The van der Waals surface area contributed by atoms with E-state index in [9.17, 15) is 4.79 Å². The number of aromatic nitrogens is 1. The Kier molecular flexibility index (Phi) is 7.01. The third-order valence-electron chi connectivity index (χ3n) is 4.60. The van der Waals surface area contributed by atoms with Gasteiger partial charge < -0.3 is 10.1 Å². The number of amides is 1. The highest BCUT2D eigenvalue weighted by Crippen LogP contribution is 2.26. The quantitative estimate of drug-likeness (QED) is 0.568. The number of nitrogens with zero attached hydrogens (tertiary/aromatic N) is 2. The van der Waals surface area contributed by atoms with Gasteiger partial charge in [-0.05, 0) is 42.8 Å². The zero-order chi connectivity index (χ0) is 20.8. The maximum absolute atomic E-state index is 12.3. The summed E-state index contributed by atoms with van der Waals surface area (Å²) in [6, 6.07) is 15.9. The number of rotatable bonds is 8. The van der Waals surface area contributed by atoms with E-state index in [0.717, 1.165) is 27.7 Å². The maximum atomic E-state index is 12.3. The molecule has 0 fully saturated rings. The molecule has 1 N–H and O–H groups in total. The number of hydrogen-bond donors (Lipinski definition) is 1. The Hall–Kier alpha value is -2.70. The van der Waals surface area contributed by atoms with Crippen molar-refractivity contribution in [2.45, 2.75) is 26.3 Å². The Bertz CT molecular complexity index is 934. The molecule has 29 heavy (non-hydrogen) atoms. The van der Waals surface area contributed by atoms with Gasteiger partial charge in [-0.3, -0.25) is 9.69 Å². The summed E-state index contributed by atoms with van der Waals surface area (Å²) in [6.45, 7) is 5.30. The topological polar surface area (TPSA) is 54.5 Å². The highest BCUT2D eigenvalue weighted by molar-refractivity contribution is 7.13. The minimum atomic E-state index is -0.0580.